The second kappa shape index (κ2) is 6.06. The van der Waals surface area contributed by atoms with Crippen molar-refractivity contribution in [2.24, 2.45) is 24.6 Å². The zero-order valence-corrected chi connectivity index (χ0v) is 12.4. The molecule has 0 bridgehead atoms. The Labute approximate surface area is 119 Å². The van der Waals surface area contributed by atoms with Gasteiger partial charge in [0.05, 0.1) is 22.8 Å². The molecule has 4 nitrogen and oxygen atoms in total. The number of rotatable bonds is 4. The van der Waals surface area contributed by atoms with Crippen LogP contribution in [0.2, 0.25) is 5.02 Å². The highest BCUT2D eigenvalue weighted by atomic mass is 35.5. The van der Waals surface area contributed by atoms with Gasteiger partial charge >= 0.3 is 0 Å². The van der Waals surface area contributed by atoms with Gasteiger partial charge in [-0.15, -0.1) is 0 Å². The molecular weight excluding hydrogens is 262 g/mol. The van der Waals surface area contributed by atoms with E-state index in [2.05, 4.69) is 5.10 Å². The summed E-state index contributed by atoms with van der Waals surface area (Å²) in [7, 11) is 1.84. The van der Waals surface area contributed by atoms with Crippen molar-refractivity contribution in [2.75, 3.05) is 6.54 Å². The first kappa shape index (κ1) is 14.5. The average Bonchev–Trinajstić information content (AvgIpc) is 2.65. The van der Waals surface area contributed by atoms with Crippen molar-refractivity contribution in [3.05, 3.63) is 16.4 Å². The van der Waals surface area contributed by atoms with E-state index in [1.807, 2.05) is 14.0 Å². The fourth-order valence-corrected chi connectivity index (χ4v) is 3.31. The summed E-state index contributed by atoms with van der Waals surface area (Å²) in [5.41, 5.74) is 7.40. The van der Waals surface area contributed by atoms with Crippen molar-refractivity contribution in [3.63, 3.8) is 0 Å². The van der Waals surface area contributed by atoms with Crippen LogP contribution in [0.5, 0.6) is 0 Å². The summed E-state index contributed by atoms with van der Waals surface area (Å²) in [6, 6.07) is 0. The minimum atomic E-state index is 0.102. The van der Waals surface area contributed by atoms with Crippen LogP contribution < -0.4 is 5.73 Å². The molecule has 5 heteroatoms. The Bertz CT molecular complexity index is 470. The Morgan fingerprint density at radius 3 is 2.74 bits per heavy atom. The smallest absolute Gasteiger partial charge is 0.142 e. The SMILES string of the molecule is Cc1nn(C)c(CC(=O)C2CCCCC2CN)c1Cl. The zero-order valence-electron chi connectivity index (χ0n) is 11.7. The van der Waals surface area contributed by atoms with Crippen LogP contribution in [0.1, 0.15) is 37.1 Å². The van der Waals surface area contributed by atoms with Gasteiger partial charge in [0.1, 0.15) is 5.78 Å². The fraction of sp³-hybridized carbons (Fsp3) is 0.714. The van der Waals surface area contributed by atoms with Gasteiger partial charge < -0.3 is 5.73 Å². The number of aryl methyl sites for hydroxylation is 2. The van der Waals surface area contributed by atoms with E-state index in [1.54, 1.807) is 4.68 Å². The number of hydrogen-bond acceptors (Lipinski definition) is 3. The molecule has 0 aliphatic heterocycles. The maximum Gasteiger partial charge on any atom is 0.142 e. The summed E-state index contributed by atoms with van der Waals surface area (Å²) in [6.07, 6.45) is 4.74. The number of carbonyl (C=O) groups excluding carboxylic acids is 1. The highest BCUT2D eigenvalue weighted by Gasteiger charge is 2.30. The van der Waals surface area contributed by atoms with E-state index < -0.39 is 0 Å². The van der Waals surface area contributed by atoms with Crippen molar-refractivity contribution in [1.82, 2.24) is 9.78 Å². The number of nitrogens with zero attached hydrogens (tertiary/aromatic N) is 2. The maximum atomic E-state index is 12.5. The summed E-state index contributed by atoms with van der Waals surface area (Å²) in [6.45, 7) is 2.47. The molecule has 0 radical (unpaired) electrons. The molecule has 1 fully saturated rings. The number of Topliss-reactive ketones (excluding diaryl/α,β-unsaturated/α-hetero) is 1. The topological polar surface area (TPSA) is 60.9 Å². The Morgan fingerprint density at radius 1 is 1.47 bits per heavy atom. The molecule has 2 N–H and O–H groups in total. The van der Waals surface area contributed by atoms with Crippen molar-refractivity contribution in [3.8, 4) is 0 Å². The lowest BCUT2D eigenvalue weighted by molar-refractivity contribution is -0.124. The molecule has 1 heterocycles. The van der Waals surface area contributed by atoms with Crippen LogP contribution in [-0.2, 0) is 18.3 Å². The molecule has 1 saturated carbocycles. The fourth-order valence-electron chi connectivity index (χ4n) is 3.08. The Morgan fingerprint density at radius 2 is 2.16 bits per heavy atom. The summed E-state index contributed by atoms with van der Waals surface area (Å²) < 4.78 is 1.72. The van der Waals surface area contributed by atoms with E-state index in [0.29, 0.717) is 23.9 Å². The minimum Gasteiger partial charge on any atom is -0.330 e. The quantitative estimate of drug-likeness (QED) is 0.922. The predicted octanol–water partition coefficient (Wildman–Crippen LogP) is 2.26. The summed E-state index contributed by atoms with van der Waals surface area (Å²) in [4.78, 5) is 12.5. The predicted molar refractivity (Wildman–Crippen MR) is 76.2 cm³/mol. The molecule has 1 aromatic rings. The van der Waals surface area contributed by atoms with Gasteiger partial charge in [0.2, 0.25) is 0 Å². The lowest BCUT2D eigenvalue weighted by Gasteiger charge is -2.29. The summed E-state index contributed by atoms with van der Waals surface area (Å²) >= 11 is 6.21. The largest absolute Gasteiger partial charge is 0.330 e. The van der Waals surface area contributed by atoms with E-state index in [-0.39, 0.29) is 11.7 Å². The molecule has 0 aromatic carbocycles. The molecule has 2 unspecified atom stereocenters. The number of nitrogens with two attached hydrogens (primary N) is 1. The van der Waals surface area contributed by atoms with Crippen molar-refractivity contribution in [2.45, 2.75) is 39.0 Å². The van der Waals surface area contributed by atoms with Gasteiger partial charge in [-0.3, -0.25) is 9.48 Å². The minimum absolute atomic E-state index is 0.102. The molecule has 1 aliphatic rings. The highest BCUT2D eigenvalue weighted by molar-refractivity contribution is 6.32. The van der Waals surface area contributed by atoms with E-state index in [4.69, 9.17) is 17.3 Å². The molecule has 19 heavy (non-hydrogen) atoms. The first-order chi connectivity index (χ1) is 9.04. The molecule has 2 rings (SSSR count). The first-order valence-electron chi connectivity index (χ1n) is 6.95. The van der Waals surface area contributed by atoms with E-state index in [0.717, 1.165) is 30.7 Å². The van der Waals surface area contributed by atoms with Crippen LogP contribution in [0.3, 0.4) is 0 Å². The third kappa shape index (κ3) is 3.00. The van der Waals surface area contributed by atoms with E-state index in [1.165, 1.54) is 6.42 Å². The lowest BCUT2D eigenvalue weighted by atomic mass is 9.76. The van der Waals surface area contributed by atoms with Crippen molar-refractivity contribution in [1.29, 1.82) is 0 Å². The average molecular weight is 284 g/mol. The Balaban J connectivity index is 2.11. The van der Waals surface area contributed by atoms with Gasteiger partial charge in [-0.05, 0) is 32.2 Å². The van der Waals surface area contributed by atoms with Gasteiger partial charge in [-0.1, -0.05) is 24.4 Å². The van der Waals surface area contributed by atoms with Gasteiger partial charge in [0.15, 0.2) is 0 Å². The van der Waals surface area contributed by atoms with Crippen LogP contribution in [0.15, 0.2) is 0 Å². The zero-order chi connectivity index (χ0) is 14.0. The van der Waals surface area contributed by atoms with Gasteiger partial charge in [0, 0.05) is 13.0 Å². The standard InChI is InChI=1S/C14H22ClN3O/c1-9-14(15)12(18(2)17-9)7-13(19)11-6-4-3-5-10(11)8-16/h10-11H,3-8,16H2,1-2H3. The second-order valence-electron chi connectivity index (χ2n) is 5.50. The normalized spacial score (nSPS) is 23.6. The van der Waals surface area contributed by atoms with Crippen molar-refractivity contribution < 1.29 is 4.79 Å². The summed E-state index contributed by atoms with van der Waals surface area (Å²) in [5.74, 6) is 0.708. The number of halogens is 1. The molecule has 1 aliphatic carbocycles. The molecule has 0 amide bonds. The first-order valence-corrected chi connectivity index (χ1v) is 7.33. The van der Waals surface area contributed by atoms with Crippen LogP contribution >= 0.6 is 11.6 Å². The molecule has 1 aromatic heterocycles. The molecule has 0 spiro atoms. The number of aromatic nitrogens is 2. The number of ketones is 1. The Kier molecular flexibility index (Phi) is 4.63. The molecular formula is C14H22ClN3O. The van der Waals surface area contributed by atoms with Crippen LogP contribution in [-0.4, -0.2) is 22.1 Å². The number of carbonyl (C=O) groups is 1. The van der Waals surface area contributed by atoms with Crippen LogP contribution in [0.25, 0.3) is 0 Å². The number of hydrogen-bond donors (Lipinski definition) is 1. The second-order valence-corrected chi connectivity index (χ2v) is 5.88. The Hall–Kier alpha value is -0.870. The van der Waals surface area contributed by atoms with Crippen LogP contribution in [0.4, 0.5) is 0 Å². The van der Waals surface area contributed by atoms with Gasteiger partial charge in [-0.25, -0.2) is 0 Å². The maximum absolute atomic E-state index is 12.5. The highest BCUT2D eigenvalue weighted by Crippen LogP contribution is 2.31. The molecule has 2 atom stereocenters. The summed E-state index contributed by atoms with van der Waals surface area (Å²) in [5, 5.41) is 4.88. The molecule has 106 valence electrons. The van der Waals surface area contributed by atoms with E-state index >= 15 is 0 Å². The third-order valence-corrected chi connectivity index (χ3v) is 4.72. The lowest BCUT2D eigenvalue weighted by Crippen LogP contribution is -2.33. The molecule has 0 saturated heterocycles. The monoisotopic (exact) mass is 283 g/mol. The van der Waals surface area contributed by atoms with Gasteiger partial charge in [0.25, 0.3) is 0 Å². The third-order valence-electron chi connectivity index (χ3n) is 4.23. The van der Waals surface area contributed by atoms with Crippen molar-refractivity contribution >= 4 is 17.4 Å². The van der Waals surface area contributed by atoms with Crippen LogP contribution in [0, 0.1) is 18.8 Å². The van der Waals surface area contributed by atoms with E-state index in [9.17, 15) is 4.79 Å². The van der Waals surface area contributed by atoms with Gasteiger partial charge in [-0.2, -0.15) is 5.10 Å².